The average Bonchev–Trinajstić information content (AvgIpc) is 2.44. The van der Waals surface area contributed by atoms with Crippen LogP contribution in [-0.4, -0.2) is 48.0 Å². The number of ether oxygens (including phenoxy) is 2. The van der Waals surface area contributed by atoms with Gasteiger partial charge in [-0.05, 0) is 45.7 Å². The van der Waals surface area contributed by atoms with E-state index in [1.165, 1.54) is 11.0 Å². The second-order valence-electron chi connectivity index (χ2n) is 7.06. The minimum Gasteiger partial charge on any atom is -0.493 e. The number of halogens is 2. The number of hydrogen-bond acceptors (Lipinski definition) is 4. The van der Waals surface area contributed by atoms with E-state index >= 15 is 0 Å². The molecule has 1 aromatic rings. The van der Waals surface area contributed by atoms with Gasteiger partial charge in [-0.15, -0.1) is 0 Å². The van der Waals surface area contributed by atoms with Crippen molar-refractivity contribution >= 4 is 17.7 Å². The lowest BCUT2D eigenvalue weighted by Crippen LogP contribution is -2.50. The third-order valence-corrected chi connectivity index (χ3v) is 4.17. The number of carbonyl (C=O) groups excluding carboxylic acids is 1. The standard InChI is InChI=1S/C18H25ClFNO4/c1-5-24-16-11(6-7-22)8-13(19)15(20)14(16)12-9-21(10-12)17(23)25-18(2,3)4/h8,12,22H,5-7,9-10H2,1-4H3. The van der Waals surface area contributed by atoms with Gasteiger partial charge in [0.2, 0.25) is 0 Å². The van der Waals surface area contributed by atoms with Crippen LogP contribution in [0.15, 0.2) is 6.07 Å². The van der Waals surface area contributed by atoms with Crippen molar-refractivity contribution in [2.45, 2.75) is 45.6 Å². The van der Waals surface area contributed by atoms with E-state index in [9.17, 15) is 14.3 Å². The molecule has 1 N–H and O–H groups in total. The monoisotopic (exact) mass is 373 g/mol. The molecule has 0 radical (unpaired) electrons. The summed E-state index contributed by atoms with van der Waals surface area (Å²) in [5, 5.41) is 9.23. The number of rotatable bonds is 5. The molecule has 0 saturated carbocycles. The van der Waals surface area contributed by atoms with Crippen LogP contribution < -0.4 is 4.74 Å². The van der Waals surface area contributed by atoms with Crippen LogP contribution in [0.5, 0.6) is 5.75 Å². The van der Waals surface area contributed by atoms with Crippen LogP contribution in [0.25, 0.3) is 0 Å². The van der Waals surface area contributed by atoms with Gasteiger partial charge in [0.15, 0.2) is 0 Å². The van der Waals surface area contributed by atoms with Crippen LogP contribution in [0.2, 0.25) is 5.02 Å². The van der Waals surface area contributed by atoms with Gasteiger partial charge in [-0.25, -0.2) is 9.18 Å². The summed E-state index contributed by atoms with van der Waals surface area (Å²) < 4.78 is 25.6. The van der Waals surface area contributed by atoms with Gasteiger partial charge in [-0.2, -0.15) is 0 Å². The fraction of sp³-hybridized carbons (Fsp3) is 0.611. The van der Waals surface area contributed by atoms with Crippen molar-refractivity contribution in [3.05, 3.63) is 28.0 Å². The molecule has 1 aliphatic rings. The molecule has 1 aromatic carbocycles. The molecule has 1 saturated heterocycles. The minimum atomic E-state index is -0.575. The first-order valence-corrected chi connectivity index (χ1v) is 8.78. The summed E-state index contributed by atoms with van der Waals surface area (Å²) in [6.07, 6.45) is -0.0927. The molecule has 1 heterocycles. The maximum absolute atomic E-state index is 14.7. The van der Waals surface area contributed by atoms with Gasteiger partial charge in [-0.3, -0.25) is 0 Å². The Morgan fingerprint density at radius 1 is 1.44 bits per heavy atom. The zero-order valence-corrected chi connectivity index (χ0v) is 15.8. The van der Waals surface area contributed by atoms with Crippen molar-refractivity contribution in [3.8, 4) is 5.75 Å². The summed E-state index contributed by atoms with van der Waals surface area (Å²) in [6.45, 7) is 8.17. The number of carbonyl (C=O) groups is 1. The first-order valence-electron chi connectivity index (χ1n) is 8.40. The van der Waals surface area contributed by atoms with Crippen molar-refractivity contribution in [1.29, 1.82) is 0 Å². The third-order valence-electron chi connectivity index (χ3n) is 3.89. The molecule has 25 heavy (non-hydrogen) atoms. The second kappa shape index (κ2) is 7.79. The lowest BCUT2D eigenvalue weighted by Gasteiger charge is -2.40. The van der Waals surface area contributed by atoms with E-state index in [-0.39, 0.29) is 17.5 Å². The number of benzene rings is 1. The fourth-order valence-electron chi connectivity index (χ4n) is 2.81. The van der Waals surface area contributed by atoms with Gasteiger partial charge in [0.1, 0.15) is 17.2 Å². The van der Waals surface area contributed by atoms with Gasteiger partial charge in [-0.1, -0.05) is 11.6 Å². The molecule has 1 fully saturated rings. The van der Waals surface area contributed by atoms with E-state index in [4.69, 9.17) is 21.1 Å². The summed E-state index contributed by atoms with van der Waals surface area (Å²) in [7, 11) is 0. The van der Waals surface area contributed by atoms with Crippen LogP contribution in [0.3, 0.4) is 0 Å². The van der Waals surface area contributed by atoms with E-state index in [0.717, 1.165) is 0 Å². The summed E-state index contributed by atoms with van der Waals surface area (Å²) in [5.41, 5.74) is 0.466. The highest BCUT2D eigenvalue weighted by Crippen LogP contribution is 2.41. The number of amides is 1. The Morgan fingerprint density at radius 2 is 2.08 bits per heavy atom. The molecule has 2 rings (SSSR count). The van der Waals surface area contributed by atoms with Crippen LogP contribution in [-0.2, 0) is 11.2 Å². The highest BCUT2D eigenvalue weighted by Gasteiger charge is 2.38. The molecule has 0 spiro atoms. The molecule has 5 nitrogen and oxygen atoms in total. The summed E-state index contributed by atoms with van der Waals surface area (Å²) in [4.78, 5) is 13.6. The maximum atomic E-state index is 14.7. The van der Waals surface area contributed by atoms with Gasteiger partial charge in [0, 0.05) is 31.2 Å². The van der Waals surface area contributed by atoms with Crippen molar-refractivity contribution < 1.29 is 23.8 Å². The van der Waals surface area contributed by atoms with Crippen LogP contribution >= 0.6 is 11.6 Å². The minimum absolute atomic E-state index is 0.00220. The first-order chi connectivity index (χ1) is 11.7. The zero-order chi connectivity index (χ0) is 18.8. The number of likely N-dealkylation sites (tertiary alicyclic amines) is 1. The Labute approximate surface area is 152 Å². The summed E-state index contributed by atoms with van der Waals surface area (Å²) in [6, 6.07) is 1.49. The SMILES string of the molecule is CCOc1c(CCO)cc(Cl)c(F)c1C1CN(C(=O)OC(C)(C)C)C1. The molecule has 0 bridgehead atoms. The molecule has 0 atom stereocenters. The molecular weight excluding hydrogens is 349 g/mol. The fourth-order valence-corrected chi connectivity index (χ4v) is 3.04. The van der Waals surface area contributed by atoms with Crippen LogP contribution in [0.4, 0.5) is 9.18 Å². The van der Waals surface area contributed by atoms with Crippen molar-refractivity contribution in [3.63, 3.8) is 0 Å². The molecule has 0 aromatic heterocycles. The number of aliphatic hydroxyl groups is 1. The topological polar surface area (TPSA) is 59.0 Å². The van der Waals surface area contributed by atoms with Gasteiger partial charge < -0.3 is 19.5 Å². The Morgan fingerprint density at radius 3 is 2.60 bits per heavy atom. The van der Waals surface area contributed by atoms with E-state index in [1.807, 2.05) is 6.92 Å². The highest BCUT2D eigenvalue weighted by atomic mass is 35.5. The maximum Gasteiger partial charge on any atom is 0.410 e. The first kappa shape index (κ1) is 19.8. The van der Waals surface area contributed by atoms with Crippen LogP contribution in [0, 0.1) is 5.82 Å². The number of nitrogens with zero attached hydrogens (tertiary/aromatic N) is 1. The molecular formula is C18H25ClFNO4. The van der Waals surface area contributed by atoms with Gasteiger partial charge >= 0.3 is 6.09 Å². The van der Waals surface area contributed by atoms with Gasteiger partial charge in [0.05, 0.1) is 11.6 Å². The Bertz CT molecular complexity index is 639. The quantitative estimate of drug-likeness (QED) is 0.854. The van der Waals surface area contributed by atoms with E-state index in [1.54, 1.807) is 20.8 Å². The predicted molar refractivity (Wildman–Crippen MR) is 93.9 cm³/mol. The van der Waals surface area contributed by atoms with E-state index < -0.39 is 17.5 Å². The molecule has 0 aliphatic carbocycles. The Kier molecular flexibility index (Phi) is 6.16. The van der Waals surface area contributed by atoms with E-state index in [2.05, 4.69) is 0 Å². The highest BCUT2D eigenvalue weighted by molar-refractivity contribution is 6.31. The molecule has 1 aliphatic heterocycles. The van der Waals surface area contributed by atoms with Crippen molar-refractivity contribution in [1.82, 2.24) is 4.90 Å². The normalized spacial score (nSPS) is 15.1. The van der Waals surface area contributed by atoms with Crippen molar-refractivity contribution in [2.24, 2.45) is 0 Å². The average molecular weight is 374 g/mol. The van der Waals surface area contributed by atoms with E-state index in [0.29, 0.717) is 43.0 Å². The molecule has 0 unspecified atom stereocenters. The molecule has 1 amide bonds. The molecule has 7 heteroatoms. The lowest BCUT2D eigenvalue weighted by atomic mass is 9.88. The van der Waals surface area contributed by atoms with Gasteiger partial charge in [0.25, 0.3) is 0 Å². The zero-order valence-electron chi connectivity index (χ0n) is 15.1. The number of hydrogen-bond donors (Lipinski definition) is 1. The molecule has 140 valence electrons. The number of aliphatic hydroxyl groups excluding tert-OH is 1. The third kappa shape index (κ3) is 4.55. The second-order valence-corrected chi connectivity index (χ2v) is 7.47. The predicted octanol–water partition coefficient (Wildman–Crippen LogP) is 3.75. The Balaban J connectivity index is 2.24. The Hall–Kier alpha value is -1.53. The lowest BCUT2D eigenvalue weighted by molar-refractivity contribution is 0.00765. The summed E-state index contributed by atoms with van der Waals surface area (Å²) >= 11 is 6.02. The van der Waals surface area contributed by atoms with Crippen molar-refractivity contribution in [2.75, 3.05) is 26.3 Å². The van der Waals surface area contributed by atoms with Crippen LogP contribution in [0.1, 0.15) is 44.7 Å². The smallest absolute Gasteiger partial charge is 0.410 e. The summed E-state index contributed by atoms with van der Waals surface area (Å²) in [5.74, 6) is -0.321. The largest absolute Gasteiger partial charge is 0.493 e.